The number of hydrogen-bond donors (Lipinski definition) is 0. The van der Waals surface area contributed by atoms with Crippen LogP contribution in [0, 0.1) is 5.41 Å². The van der Waals surface area contributed by atoms with Crippen molar-refractivity contribution in [1.29, 1.82) is 0 Å². The van der Waals surface area contributed by atoms with Gasteiger partial charge in [-0.05, 0) is 18.8 Å². The van der Waals surface area contributed by atoms with Crippen molar-refractivity contribution in [3.8, 4) is 0 Å². The Morgan fingerprint density at radius 1 is 0.618 bits per heavy atom. The van der Waals surface area contributed by atoms with Crippen LogP contribution in [0.2, 0.25) is 0 Å². The monoisotopic (exact) mass is 480 g/mol. The standard InChI is InChI=1S/C30H56O4/c1-6-7-8-9-10-11-12-13-14-15-16-17-18-19-20-21-22-23-26-33-28(31)24-25-29(32)34-27(2)30(3,4)5/h24-25,27H,6-23,26H2,1-5H3/b25-24+. The van der Waals surface area contributed by atoms with Crippen LogP contribution < -0.4 is 0 Å². The Kier molecular flexibility index (Phi) is 21.3. The molecule has 34 heavy (non-hydrogen) atoms. The van der Waals surface area contributed by atoms with E-state index in [0.29, 0.717) is 6.61 Å². The topological polar surface area (TPSA) is 52.6 Å². The summed E-state index contributed by atoms with van der Waals surface area (Å²) in [4.78, 5) is 23.4. The number of rotatable bonds is 22. The van der Waals surface area contributed by atoms with Gasteiger partial charge in [0, 0.05) is 12.2 Å². The molecule has 0 fully saturated rings. The van der Waals surface area contributed by atoms with E-state index in [1.165, 1.54) is 103 Å². The fourth-order valence-electron chi connectivity index (χ4n) is 3.75. The Morgan fingerprint density at radius 2 is 0.971 bits per heavy atom. The van der Waals surface area contributed by atoms with Crippen LogP contribution in [0.3, 0.4) is 0 Å². The fourth-order valence-corrected chi connectivity index (χ4v) is 3.75. The van der Waals surface area contributed by atoms with E-state index in [1.54, 1.807) is 0 Å². The smallest absolute Gasteiger partial charge is 0.331 e. The zero-order valence-corrected chi connectivity index (χ0v) is 23.3. The van der Waals surface area contributed by atoms with Gasteiger partial charge in [0.15, 0.2) is 0 Å². The van der Waals surface area contributed by atoms with E-state index in [4.69, 9.17) is 9.47 Å². The molecule has 0 amide bonds. The molecule has 200 valence electrons. The summed E-state index contributed by atoms with van der Waals surface area (Å²) < 4.78 is 10.4. The first-order chi connectivity index (χ1) is 16.3. The molecule has 4 nitrogen and oxygen atoms in total. The van der Waals surface area contributed by atoms with Crippen molar-refractivity contribution >= 4 is 11.9 Å². The summed E-state index contributed by atoms with van der Waals surface area (Å²) in [6, 6.07) is 0. The molecule has 0 aromatic heterocycles. The molecule has 0 aromatic carbocycles. The summed E-state index contributed by atoms with van der Waals surface area (Å²) in [6.45, 7) is 10.5. The van der Waals surface area contributed by atoms with Gasteiger partial charge in [-0.1, -0.05) is 137 Å². The second kappa shape index (κ2) is 22.2. The maximum atomic E-state index is 11.7. The van der Waals surface area contributed by atoms with Gasteiger partial charge >= 0.3 is 11.9 Å². The molecule has 0 bridgehead atoms. The number of carbonyl (C=O) groups excluding carboxylic acids is 2. The first-order valence-electron chi connectivity index (χ1n) is 14.3. The Hall–Kier alpha value is -1.32. The lowest BCUT2D eigenvalue weighted by atomic mass is 9.90. The lowest BCUT2D eigenvalue weighted by Crippen LogP contribution is -2.28. The maximum Gasteiger partial charge on any atom is 0.331 e. The van der Waals surface area contributed by atoms with Gasteiger partial charge in [-0.15, -0.1) is 0 Å². The highest BCUT2D eigenvalue weighted by Gasteiger charge is 2.22. The molecule has 0 aromatic rings. The molecule has 0 aliphatic carbocycles. The first kappa shape index (κ1) is 32.7. The van der Waals surface area contributed by atoms with Gasteiger partial charge in [-0.2, -0.15) is 0 Å². The maximum absolute atomic E-state index is 11.7. The molecule has 0 heterocycles. The lowest BCUT2D eigenvalue weighted by Gasteiger charge is -2.26. The largest absolute Gasteiger partial charge is 0.463 e. The van der Waals surface area contributed by atoms with Crippen LogP contribution in [0.1, 0.15) is 150 Å². The summed E-state index contributed by atoms with van der Waals surface area (Å²) in [6.07, 6.45) is 26.1. The summed E-state index contributed by atoms with van der Waals surface area (Å²) in [5.41, 5.74) is -0.128. The van der Waals surface area contributed by atoms with E-state index >= 15 is 0 Å². The molecule has 0 spiro atoms. The van der Waals surface area contributed by atoms with Crippen LogP contribution in [-0.4, -0.2) is 24.6 Å². The number of unbranched alkanes of at least 4 members (excludes halogenated alkanes) is 17. The minimum atomic E-state index is -0.507. The molecule has 0 saturated heterocycles. The highest BCUT2D eigenvalue weighted by Crippen LogP contribution is 2.21. The van der Waals surface area contributed by atoms with Crippen LogP contribution in [0.25, 0.3) is 0 Å². The quantitative estimate of drug-likeness (QED) is 0.0880. The third kappa shape index (κ3) is 22.5. The van der Waals surface area contributed by atoms with Gasteiger partial charge < -0.3 is 9.47 Å². The van der Waals surface area contributed by atoms with Crippen LogP contribution >= 0.6 is 0 Å². The van der Waals surface area contributed by atoms with Crippen molar-refractivity contribution in [2.24, 2.45) is 5.41 Å². The van der Waals surface area contributed by atoms with Crippen LogP contribution in [0.4, 0.5) is 0 Å². The molecular formula is C30H56O4. The first-order valence-corrected chi connectivity index (χ1v) is 14.3. The van der Waals surface area contributed by atoms with Gasteiger partial charge in [0.1, 0.15) is 6.10 Å². The second-order valence-electron chi connectivity index (χ2n) is 11.0. The highest BCUT2D eigenvalue weighted by atomic mass is 16.5. The van der Waals surface area contributed by atoms with Gasteiger partial charge in [-0.3, -0.25) is 0 Å². The van der Waals surface area contributed by atoms with Crippen LogP contribution in [0.15, 0.2) is 12.2 Å². The lowest BCUT2D eigenvalue weighted by molar-refractivity contribution is -0.147. The predicted molar refractivity (Wildman–Crippen MR) is 144 cm³/mol. The van der Waals surface area contributed by atoms with E-state index in [-0.39, 0.29) is 11.5 Å². The Labute approximate surface area is 211 Å². The van der Waals surface area contributed by atoms with E-state index in [9.17, 15) is 9.59 Å². The predicted octanol–water partition coefficient (Wildman–Crippen LogP) is 9.11. The molecule has 0 radical (unpaired) electrons. The molecule has 1 unspecified atom stereocenters. The second-order valence-corrected chi connectivity index (χ2v) is 11.0. The normalized spacial score (nSPS) is 12.7. The van der Waals surface area contributed by atoms with Crippen LogP contribution in [-0.2, 0) is 19.1 Å². The third-order valence-corrected chi connectivity index (χ3v) is 6.61. The highest BCUT2D eigenvalue weighted by molar-refractivity contribution is 5.91. The third-order valence-electron chi connectivity index (χ3n) is 6.61. The van der Waals surface area contributed by atoms with E-state index in [2.05, 4.69) is 6.92 Å². The molecule has 0 aliphatic rings. The SMILES string of the molecule is CCCCCCCCCCCCCCCCCCCCOC(=O)/C=C/C(=O)OC(C)C(C)(C)C. The van der Waals surface area contributed by atoms with Gasteiger partial charge in [-0.25, -0.2) is 9.59 Å². The van der Waals surface area contributed by atoms with E-state index in [1.807, 2.05) is 27.7 Å². The minimum absolute atomic E-state index is 0.128. The Morgan fingerprint density at radius 3 is 1.35 bits per heavy atom. The number of ether oxygens (including phenoxy) is 2. The minimum Gasteiger partial charge on any atom is -0.463 e. The summed E-state index contributed by atoms with van der Waals surface area (Å²) in [7, 11) is 0. The number of esters is 2. The number of carbonyl (C=O) groups is 2. The van der Waals surface area contributed by atoms with E-state index < -0.39 is 11.9 Å². The van der Waals surface area contributed by atoms with Gasteiger partial charge in [0.25, 0.3) is 0 Å². The van der Waals surface area contributed by atoms with Gasteiger partial charge in [0.2, 0.25) is 0 Å². The Balaban J connectivity index is 3.38. The Bertz CT molecular complexity index is 518. The van der Waals surface area contributed by atoms with Crippen LogP contribution in [0.5, 0.6) is 0 Å². The average molecular weight is 481 g/mol. The molecule has 0 saturated carbocycles. The average Bonchev–Trinajstić information content (AvgIpc) is 2.78. The van der Waals surface area contributed by atoms with E-state index in [0.717, 1.165) is 25.0 Å². The molecule has 1 atom stereocenters. The van der Waals surface area contributed by atoms with Crippen molar-refractivity contribution in [3.05, 3.63) is 12.2 Å². The summed E-state index contributed by atoms with van der Waals surface area (Å²) in [5, 5.41) is 0. The van der Waals surface area contributed by atoms with Crippen molar-refractivity contribution in [2.45, 2.75) is 156 Å². The summed E-state index contributed by atoms with van der Waals surface area (Å²) >= 11 is 0. The van der Waals surface area contributed by atoms with Crippen molar-refractivity contribution in [3.63, 3.8) is 0 Å². The van der Waals surface area contributed by atoms with Crippen molar-refractivity contribution in [1.82, 2.24) is 0 Å². The molecule has 0 rings (SSSR count). The summed E-state index contributed by atoms with van der Waals surface area (Å²) in [5.74, 6) is -0.986. The van der Waals surface area contributed by atoms with Gasteiger partial charge in [0.05, 0.1) is 6.61 Å². The zero-order valence-electron chi connectivity index (χ0n) is 23.3. The molecule has 0 aliphatic heterocycles. The van der Waals surface area contributed by atoms with Crippen molar-refractivity contribution < 1.29 is 19.1 Å². The number of hydrogen-bond acceptors (Lipinski definition) is 4. The molecule has 4 heteroatoms. The zero-order chi connectivity index (χ0) is 25.5. The van der Waals surface area contributed by atoms with Crippen molar-refractivity contribution in [2.75, 3.05) is 6.61 Å². The molecular weight excluding hydrogens is 424 g/mol. The fraction of sp³-hybridized carbons (Fsp3) is 0.867. The molecule has 0 N–H and O–H groups in total.